The van der Waals surface area contributed by atoms with Crippen molar-refractivity contribution < 1.29 is 22.3 Å². The van der Waals surface area contributed by atoms with Gasteiger partial charge in [-0.2, -0.15) is 5.10 Å². The molecule has 0 saturated heterocycles. The third-order valence-electron chi connectivity index (χ3n) is 5.46. The number of anilines is 3. The number of fused-ring (bicyclic) bond motifs is 1. The maximum atomic E-state index is 14.5. The van der Waals surface area contributed by atoms with E-state index in [2.05, 4.69) is 25.6 Å². The molecule has 2 heterocycles. The summed E-state index contributed by atoms with van der Waals surface area (Å²) in [5, 5.41) is 12.9. The highest BCUT2D eigenvalue weighted by Gasteiger charge is 2.30. The quantitative estimate of drug-likeness (QED) is 0.552. The Balaban J connectivity index is 1.39. The number of hydrogen-bond acceptors (Lipinski definition) is 6. The van der Waals surface area contributed by atoms with E-state index in [0.29, 0.717) is 18.7 Å². The van der Waals surface area contributed by atoms with Crippen LogP contribution in [-0.2, 0) is 21.2 Å². The number of nitrogens with zero attached hydrogens (tertiary/aromatic N) is 1. The Morgan fingerprint density at radius 1 is 1.29 bits per heavy atom. The van der Waals surface area contributed by atoms with Crippen molar-refractivity contribution in [2.45, 2.75) is 57.6 Å². The Hall–Kier alpha value is -2.82. The van der Waals surface area contributed by atoms with Crippen molar-refractivity contribution in [1.82, 2.24) is 15.5 Å². The highest BCUT2D eigenvalue weighted by atomic mass is 32.2. The maximum Gasteiger partial charge on any atom is 0.407 e. The van der Waals surface area contributed by atoms with Gasteiger partial charge in [0.1, 0.15) is 11.9 Å². The fraction of sp³-hybridized carbons (Fsp3) is 0.500. The minimum absolute atomic E-state index is 0.0233. The minimum Gasteiger partial charge on any atom is -0.446 e. The van der Waals surface area contributed by atoms with Crippen LogP contribution in [0.3, 0.4) is 0 Å². The summed E-state index contributed by atoms with van der Waals surface area (Å²) in [6.07, 6.45) is 2.09. The molecule has 0 bridgehead atoms. The lowest BCUT2D eigenvalue weighted by Gasteiger charge is -2.19. The van der Waals surface area contributed by atoms with Crippen LogP contribution in [0.25, 0.3) is 0 Å². The van der Waals surface area contributed by atoms with Crippen LogP contribution in [0, 0.1) is 5.82 Å². The molecule has 1 amide bonds. The van der Waals surface area contributed by atoms with Gasteiger partial charge in [-0.1, -0.05) is 0 Å². The van der Waals surface area contributed by atoms with Crippen molar-refractivity contribution in [3.05, 3.63) is 35.3 Å². The number of aromatic nitrogens is 2. The van der Waals surface area contributed by atoms with Gasteiger partial charge in [0.15, 0.2) is 5.82 Å². The number of aromatic amines is 1. The van der Waals surface area contributed by atoms with Gasteiger partial charge in [0.25, 0.3) is 0 Å². The van der Waals surface area contributed by atoms with E-state index in [0.717, 1.165) is 24.1 Å². The van der Waals surface area contributed by atoms with Crippen LogP contribution in [0.1, 0.15) is 50.3 Å². The molecule has 2 aliphatic rings. The Bertz CT molecular complexity index is 1090. The zero-order valence-corrected chi connectivity index (χ0v) is 18.2. The fourth-order valence-electron chi connectivity index (χ4n) is 3.98. The van der Waals surface area contributed by atoms with Gasteiger partial charge in [-0.05, 0) is 51.2 Å². The highest BCUT2D eigenvalue weighted by Crippen LogP contribution is 2.36. The van der Waals surface area contributed by atoms with Gasteiger partial charge >= 0.3 is 6.09 Å². The molecule has 2 aromatic rings. The number of sulfonamides is 1. The van der Waals surface area contributed by atoms with Gasteiger partial charge < -0.3 is 15.4 Å². The lowest BCUT2D eigenvalue weighted by molar-refractivity contribution is 0.0981. The summed E-state index contributed by atoms with van der Waals surface area (Å²) in [7, 11) is -3.40. The number of hydrogen-bond donors (Lipinski definition) is 4. The van der Waals surface area contributed by atoms with E-state index in [-0.39, 0.29) is 35.2 Å². The molecule has 4 rings (SSSR count). The average Bonchev–Trinajstić information content (AvgIpc) is 3.30. The first-order chi connectivity index (χ1) is 14.7. The molecule has 1 aromatic carbocycles. The van der Waals surface area contributed by atoms with Crippen LogP contribution in [0.4, 0.5) is 26.4 Å². The summed E-state index contributed by atoms with van der Waals surface area (Å²) >= 11 is 0. The average molecular weight is 452 g/mol. The second-order valence-corrected chi connectivity index (χ2v) is 10.2. The summed E-state index contributed by atoms with van der Waals surface area (Å²) in [5.41, 5.74) is 2.13. The van der Waals surface area contributed by atoms with Crippen LogP contribution >= 0.6 is 0 Å². The van der Waals surface area contributed by atoms with E-state index in [4.69, 9.17) is 4.74 Å². The molecule has 1 aliphatic heterocycles. The number of alkyl carbamates (subject to hydrolysis) is 1. The van der Waals surface area contributed by atoms with Gasteiger partial charge in [-0.3, -0.25) is 9.82 Å². The molecule has 0 radical (unpaired) electrons. The number of amides is 1. The van der Waals surface area contributed by atoms with E-state index in [1.54, 1.807) is 6.07 Å². The standard InChI is InChI=1S/C20H26FN5O4S/c1-11(2)22-20(27)30-14-4-3-12(7-14)16-10-19(25-24-16)23-18-8-13-5-6-31(28,29)26-17(13)9-15(18)21/h8-12,14,26H,3-7H2,1-2H3,(H,22,27)(H2,23,24,25). The Morgan fingerprint density at radius 2 is 2.10 bits per heavy atom. The Kier molecular flexibility index (Phi) is 5.78. The smallest absolute Gasteiger partial charge is 0.407 e. The van der Waals surface area contributed by atoms with Crippen molar-refractivity contribution in [1.29, 1.82) is 0 Å². The van der Waals surface area contributed by atoms with E-state index < -0.39 is 21.9 Å². The first-order valence-corrected chi connectivity index (χ1v) is 12.0. The maximum absolute atomic E-state index is 14.5. The van der Waals surface area contributed by atoms with Crippen LogP contribution in [0.2, 0.25) is 0 Å². The number of benzene rings is 1. The zero-order chi connectivity index (χ0) is 22.2. The predicted molar refractivity (Wildman–Crippen MR) is 115 cm³/mol. The molecule has 2 atom stereocenters. The lowest BCUT2D eigenvalue weighted by Crippen LogP contribution is -2.33. The monoisotopic (exact) mass is 451 g/mol. The van der Waals surface area contributed by atoms with Gasteiger partial charge in [0.05, 0.1) is 17.1 Å². The SMILES string of the molecule is CC(C)NC(=O)OC1CCC(c2cc(Nc3cc4c(cc3F)NS(=O)(=O)CC4)n[nH]2)C1. The highest BCUT2D eigenvalue weighted by molar-refractivity contribution is 7.92. The number of rotatable bonds is 5. The second-order valence-electron chi connectivity index (χ2n) is 8.33. The molecule has 11 heteroatoms. The molecule has 1 aromatic heterocycles. The van der Waals surface area contributed by atoms with Crippen LogP contribution in [-0.4, -0.2) is 42.6 Å². The topological polar surface area (TPSA) is 125 Å². The van der Waals surface area contributed by atoms with E-state index in [1.165, 1.54) is 6.07 Å². The summed E-state index contributed by atoms with van der Waals surface area (Å²) in [5.74, 6) is 0.0332. The number of aryl methyl sites for hydroxylation is 1. The number of ether oxygens (including phenoxy) is 1. The Labute approximate surface area is 180 Å². The number of carbonyl (C=O) groups is 1. The summed E-state index contributed by atoms with van der Waals surface area (Å²) in [6, 6.07) is 4.63. The molecular weight excluding hydrogens is 425 g/mol. The molecule has 1 saturated carbocycles. The number of carbonyl (C=O) groups excluding carboxylic acids is 1. The van der Waals surface area contributed by atoms with Gasteiger partial charge in [-0.25, -0.2) is 17.6 Å². The van der Waals surface area contributed by atoms with Crippen molar-refractivity contribution in [2.75, 3.05) is 15.8 Å². The van der Waals surface area contributed by atoms with Crippen LogP contribution < -0.4 is 15.4 Å². The molecule has 1 fully saturated rings. The summed E-state index contributed by atoms with van der Waals surface area (Å²) < 4.78 is 45.7. The number of halogens is 1. The summed E-state index contributed by atoms with van der Waals surface area (Å²) in [6.45, 7) is 3.75. The molecule has 168 valence electrons. The van der Waals surface area contributed by atoms with Gasteiger partial charge in [-0.15, -0.1) is 0 Å². The first-order valence-electron chi connectivity index (χ1n) is 10.3. The van der Waals surface area contributed by atoms with E-state index >= 15 is 0 Å². The van der Waals surface area contributed by atoms with Crippen molar-refractivity contribution in [3.8, 4) is 0 Å². The molecule has 31 heavy (non-hydrogen) atoms. The van der Waals surface area contributed by atoms with Gasteiger partial charge in [0.2, 0.25) is 10.0 Å². The first kappa shape index (κ1) is 21.4. The van der Waals surface area contributed by atoms with E-state index in [9.17, 15) is 17.6 Å². The largest absolute Gasteiger partial charge is 0.446 e. The summed E-state index contributed by atoms with van der Waals surface area (Å²) in [4.78, 5) is 11.8. The molecule has 0 spiro atoms. The number of H-pyrrole nitrogens is 1. The molecule has 9 nitrogen and oxygen atoms in total. The normalized spacial score (nSPS) is 21.9. The van der Waals surface area contributed by atoms with Crippen LogP contribution in [0.15, 0.2) is 18.2 Å². The van der Waals surface area contributed by atoms with Crippen molar-refractivity contribution >= 4 is 33.3 Å². The number of nitrogens with one attached hydrogen (secondary N) is 4. The molecule has 1 aliphatic carbocycles. The van der Waals surface area contributed by atoms with Crippen LogP contribution in [0.5, 0.6) is 0 Å². The lowest BCUT2D eigenvalue weighted by atomic mass is 10.0. The minimum atomic E-state index is -3.40. The molecule has 2 unspecified atom stereocenters. The molecule has 4 N–H and O–H groups in total. The van der Waals surface area contributed by atoms with Crippen molar-refractivity contribution in [3.63, 3.8) is 0 Å². The second kappa shape index (κ2) is 8.37. The fourth-order valence-corrected chi connectivity index (χ4v) is 5.09. The third-order valence-corrected chi connectivity index (χ3v) is 6.74. The molecular formula is C20H26FN5O4S. The zero-order valence-electron chi connectivity index (χ0n) is 17.4. The Morgan fingerprint density at radius 3 is 2.87 bits per heavy atom. The van der Waals surface area contributed by atoms with E-state index in [1.807, 2.05) is 19.9 Å². The predicted octanol–water partition coefficient (Wildman–Crippen LogP) is 3.36. The third kappa shape index (κ3) is 5.09. The van der Waals surface area contributed by atoms with Crippen molar-refractivity contribution in [2.24, 2.45) is 0 Å². The van der Waals surface area contributed by atoms with Gasteiger partial charge in [0, 0.05) is 29.8 Å².